The van der Waals surface area contributed by atoms with Crippen molar-refractivity contribution < 1.29 is 14.3 Å². The highest BCUT2D eigenvalue weighted by Crippen LogP contribution is 2.19. The summed E-state index contributed by atoms with van der Waals surface area (Å²) >= 11 is 0. The van der Waals surface area contributed by atoms with Crippen molar-refractivity contribution in [3.8, 4) is 0 Å². The molecule has 0 spiro atoms. The summed E-state index contributed by atoms with van der Waals surface area (Å²) < 4.78 is 5.36. The minimum absolute atomic E-state index is 0.00110. The third-order valence-electron chi connectivity index (χ3n) is 4.51. The SMILES string of the molecule is C[C@@H](c1ccccc1)N(C)C(=O)CN(C)C(=O)[C@@H]1CCCOC1. The molecule has 1 aliphatic rings. The molecule has 0 unspecified atom stereocenters. The quantitative estimate of drug-likeness (QED) is 0.835. The summed E-state index contributed by atoms with van der Waals surface area (Å²) in [6, 6.07) is 9.86. The average molecular weight is 318 g/mol. The zero-order chi connectivity index (χ0) is 16.8. The number of ether oxygens (including phenoxy) is 1. The van der Waals surface area contributed by atoms with E-state index in [1.165, 1.54) is 4.90 Å². The van der Waals surface area contributed by atoms with Crippen molar-refractivity contribution in [3.63, 3.8) is 0 Å². The number of hydrogen-bond donors (Lipinski definition) is 0. The molecule has 0 aromatic heterocycles. The summed E-state index contributed by atoms with van der Waals surface area (Å²) in [7, 11) is 3.47. The van der Waals surface area contributed by atoms with Gasteiger partial charge in [0, 0.05) is 20.7 Å². The molecule has 5 nitrogen and oxygen atoms in total. The zero-order valence-electron chi connectivity index (χ0n) is 14.2. The van der Waals surface area contributed by atoms with Gasteiger partial charge in [-0.1, -0.05) is 30.3 Å². The molecule has 0 N–H and O–H groups in total. The Morgan fingerprint density at radius 3 is 2.57 bits per heavy atom. The summed E-state index contributed by atoms with van der Waals surface area (Å²) in [6.07, 6.45) is 1.75. The molecule has 0 radical (unpaired) electrons. The van der Waals surface area contributed by atoms with Gasteiger partial charge in [-0.15, -0.1) is 0 Å². The van der Waals surface area contributed by atoms with Gasteiger partial charge < -0.3 is 14.5 Å². The van der Waals surface area contributed by atoms with E-state index in [1.54, 1.807) is 19.0 Å². The third kappa shape index (κ3) is 4.55. The number of carbonyl (C=O) groups is 2. The van der Waals surface area contributed by atoms with Crippen molar-refractivity contribution in [1.29, 1.82) is 0 Å². The number of benzene rings is 1. The molecular formula is C18H26N2O3. The van der Waals surface area contributed by atoms with Crippen molar-refractivity contribution in [2.75, 3.05) is 33.9 Å². The smallest absolute Gasteiger partial charge is 0.242 e. The van der Waals surface area contributed by atoms with Crippen molar-refractivity contribution >= 4 is 11.8 Å². The van der Waals surface area contributed by atoms with E-state index in [0.29, 0.717) is 6.61 Å². The van der Waals surface area contributed by atoms with Gasteiger partial charge in [0.1, 0.15) is 0 Å². The van der Waals surface area contributed by atoms with Crippen LogP contribution in [0.25, 0.3) is 0 Å². The van der Waals surface area contributed by atoms with Crippen LogP contribution in [0.15, 0.2) is 30.3 Å². The molecule has 1 aromatic carbocycles. The lowest BCUT2D eigenvalue weighted by Gasteiger charge is -2.30. The topological polar surface area (TPSA) is 49.9 Å². The molecule has 0 aliphatic carbocycles. The van der Waals surface area contributed by atoms with E-state index < -0.39 is 0 Å². The zero-order valence-corrected chi connectivity index (χ0v) is 14.2. The normalized spacial score (nSPS) is 19.0. The fourth-order valence-electron chi connectivity index (χ4n) is 2.81. The first-order chi connectivity index (χ1) is 11.0. The number of likely N-dealkylation sites (N-methyl/N-ethyl adjacent to an activating group) is 2. The number of nitrogens with zero attached hydrogens (tertiary/aromatic N) is 2. The van der Waals surface area contributed by atoms with Crippen molar-refractivity contribution in [1.82, 2.24) is 9.80 Å². The minimum Gasteiger partial charge on any atom is -0.381 e. The lowest BCUT2D eigenvalue weighted by atomic mass is 10.0. The van der Waals surface area contributed by atoms with Crippen LogP contribution in [0.4, 0.5) is 0 Å². The molecule has 2 atom stereocenters. The summed E-state index contributed by atoms with van der Waals surface area (Å²) in [5.41, 5.74) is 1.08. The molecule has 1 aliphatic heterocycles. The van der Waals surface area contributed by atoms with Gasteiger partial charge in [0.25, 0.3) is 0 Å². The molecule has 126 valence electrons. The van der Waals surface area contributed by atoms with Gasteiger partial charge in [-0.3, -0.25) is 9.59 Å². The van der Waals surface area contributed by atoms with Crippen LogP contribution in [0, 0.1) is 5.92 Å². The van der Waals surface area contributed by atoms with Gasteiger partial charge in [-0.05, 0) is 25.3 Å². The largest absolute Gasteiger partial charge is 0.381 e. The summed E-state index contributed by atoms with van der Waals surface area (Å²) in [4.78, 5) is 28.0. The highest BCUT2D eigenvalue weighted by Gasteiger charge is 2.27. The average Bonchev–Trinajstić information content (AvgIpc) is 2.61. The first kappa shape index (κ1) is 17.5. The van der Waals surface area contributed by atoms with Gasteiger partial charge in [0.05, 0.1) is 25.1 Å². The standard InChI is InChI=1S/C18H26N2O3/c1-14(15-8-5-4-6-9-15)20(3)17(21)12-19(2)18(22)16-10-7-11-23-13-16/h4-6,8-9,14,16H,7,10-13H2,1-3H3/t14-,16+/m0/s1. The highest BCUT2D eigenvalue weighted by molar-refractivity contribution is 5.86. The van der Waals surface area contributed by atoms with Crippen molar-refractivity contribution in [2.45, 2.75) is 25.8 Å². The Morgan fingerprint density at radius 1 is 1.26 bits per heavy atom. The van der Waals surface area contributed by atoms with Crippen LogP contribution < -0.4 is 0 Å². The maximum absolute atomic E-state index is 12.5. The van der Waals surface area contributed by atoms with E-state index in [1.807, 2.05) is 37.3 Å². The Bertz CT molecular complexity index is 526. The molecule has 0 saturated carbocycles. The van der Waals surface area contributed by atoms with Crippen molar-refractivity contribution in [2.24, 2.45) is 5.92 Å². The molecule has 1 heterocycles. The molecule has 1 fully saturated rings. The Hall–Kier alpha value is -1.88. The van der Waals surface area contributed by atoms with E-state index in [-0.39, 0.29) is 30.3 Å². The number of amides is 2. The van der Waals surface area contributed by atoms with E-state index in [0.717, 1.165) is 25.0 Å². The summed E-state index contributed by atoms with van der Waals surface area (Å²) in [5, 5.41) is 0. The predicted molar refractivity (Wildman–Crippen MR) is 88.8 cm³/mol. The lowest BCUT2D eigenvalue weighted by molar-refractivity contribution is -0.144. The van der Waals surface area contributed by atoms with Gasteiger partial charge in [-0.25, -0.2) is 0 Å². The van der Waals surface area contributed by atoms with Crippen LogP contribution in [0.1, 0.15) is 31.4 Å². The van der Waals surface area contributed by atoms with Crippen LogP contribution in [0.5, 0.6) is 0 Å². The molecule has 2 rings (SSSR count). The Kier molecular flexibility index (Phi) is 6.16. The van der Waals surface area contributed by atoms with E-state index >= 15 is 0 Å². The summed E-state index contributed by atoms with van der Waals surface area (Å²) in [6.45, 7) is 3.28. The van der Waals surface area contributed by atoms with Crippen LogP contribution in [0.3, 0.4) is 0 Å². The summed E-state index contributed by atoms with van der Waals surface area (Å²) in [5.74, 6) is -0.175. The highest BCUT2D eigenvalue weighted by atomic mass is 16.5. The van der Waals surface area contributed by atoms with Gasteiger partial charge in [-0.2, -0.15) is 0 Å². The van der Waals surface area contributed by atoms with Gasteiger partial charge in [0.15, 0.2) is 0 Å². The molecule has 0 bridgehead atoms. The second-order valence-electron chi connectivity index (χ2n) is 6.20. The predicted octanol–water partition coefficient (Wildman–Crippen LogP) is 2.09. The van der Waals surface area contributed by atoms with Crippen LogP contribution in [-0.2, 0) is 14.3 Å². The fraction of sp³-hybridized carbons (Fsp3) is 0.556. The minimum atomic E-state index is -0.113. The number of rotatable bonds is 5. The van der Waals surface area contributed by atoms with Crippen LogP contribution >= 0.6 is 0 Å². The fourth-order valence-corrected chi connectivity index (χ4v) is 2.81. The van der Waals surface area contributed by atoms with Crippen LogP contribution in [0.2, 0.25) is 0 Å². The monoisotopic (exact) mass is 318 g/mol. The maximum atomic E-state index is 12.5. The molecule has 1 aromatic rings. The van der Waals surface area contributed by atoms with E-state index in [2.05, 4.69) is 0 Å². The molecular weight excluding hydrogens is 292 g/mol. The Balaban J connectivity index is 1.90. The first-order valence-corrected chi connectivity index (χ1v) is 8.14. The second-order valence-corrected chi connectivity index (χ2v) is 6.20. The maximum Gasteiger partial charge on any atom is 0.242 e. The number of hydrogen-bond acceptors (Lipinski definition) is 3. The Morgan fingerprint density at radius 2 is 1.96 bits per heavy atom. The molecule has 5 heteroatoms. The van der Waals surface area contributed by atoms with Gasteiger partial charge in [0.2, 0.25) is 11.8 Å². The number of carbonyl (C=O) groups excluding carboxylic acids is 2. The molecule has 1 saturated heterocycles. The first-order valence-electron chi connectivity index (χ1n) is 8.14. The third-order valence-corrected chi connectivity index (χ3v) is 4.51. The second kappa shape index (κ2) is 8.11. The molecule has 2 amide bonds. The molecule has 23 heavy (non-hydrogen) atoms. The van der Waals surface area contributed by atoms with E-state index in [9.17, 15) is 9.59 Å². The lowest BCUT2D eigenvalue weighted by Crippen LogP contribution is -2.43. The van der Waals surface area contributed by atoms with Gasteiger partial charge >= 0.3 is 0 Å². The van der Waals surface area contributed by atoms with E-state index in [4.69, 9.17) is 4.74 Å². The van der Waals surface area contributed by atoms with Crippen molar-refractivity contribution in [3.05, 3.63) is 35.9 Å². The van der Waals surface area contributed by atoms with Crippen LogP contribution in [-0.4, -0.2) is 55.5 Å². The Labute approximate surface area is 138 Å².